The Morgan fingerprint density at radius 1 is 1.44 bits per heavy atom. The molecule has 0 radical (unpaired) electrons. The number of carbonyl (C=O) groups is 1. The Morgan fingerprint density at radius 3 is 2.56 bits per heavy atom. The number of hydrogen-bond donors (Lipinski definition) is 1. The number of amides is 1. The molecular formula is C10H10N2O4. The van der Waals surface area contributed by atoms with E-state index in [0.717, 1.165) is 6.20 Å². The lowest BCUT2D eigenvalue weighted by Gasteiger charge is -2.02. The van der Waals surface area contributed by atoms with Crippen molar-refractivity contribution in [1.82, 2.24) is 0 Å². The van der Waals surface area contributed by atoms with E-state index in [1.807, 2.05) is 0 Å². The summed E-state index contributed by atoms with van der Waals surface area (Å²) in [6.45, 7) is -0.190. The molecule has 0 atom stereocenters. The summed E-state index contributed by atoms with van der Waals surface area (Å²) >= 11 is 0. The van der Waals surface area contributed by atoms with E-state index < -0.39 is 10.8 Å². The van der Waals surface area contributed by atoms with E-state index in [1.54, 1.807) is 24.3 Å². The van der Waals surface area contributed by atoms with E-state index in [9.17, 15) is 14.9 Å². The van der Waals surface area contributed by atoms with Gasteiger partial charge in [0.05, 0.1) is 4.92 Å². The van der Waals surface area contributed by atoms with Gasteiger partial charge in [-0.2, -0.15) is 0 Å². The topological polar surface area (TPSA) is 95.5 Å². The predicted molar refractivity (Wildman–Crippen MR) is 57.2 cm³/mol. The van der Waals surface area contributed by atoms with E-state index in [1.165, 1.54) is 6.08 Å². The van der Waals surface area contributed by atoms with Crippen molar-refractivity contribution in [3.63, 3.8) is 0 Å². The molecule has 0 saturated carbocycles. The van der Waals surface area contributed by atoms with Gasteiger partial charge in [0.1, 0.15) is 5.75 Å². The van der Waals surface area contributed by atoms with Crippen LogP contribution in [0.25, 0.3) is 6.08 Å². The molecule has 0 heterocycles. The minimum atomic E-state index is -0.558. The van der Waals surface area contributed by atoms with Crippen LogP contribution in [0.5, 0.6) is 5.75 Å². The van der Waals surface area contributed by atoms with Crippen LogP contribution in [0.2, 0.25) is 0 Å². The molecule has 0 aliphatic heterocycles. The molecule has 6 nitrogen and oxygen atoms in total. The van der Waals surface area contributed by atoms with Gasteiger partial charge in [-0.1, -0.05) is 12.1 Å². The number of ether oxygens (including phenoxy) is 1. The first-order valence-corrected chi connectivity index (χ1v) is 4.41. The zero-order valence-electron chi connectivity index (χ0n) is 8.33. The Labute approximate surface area is 91.5 Å². The number of nitrogens with zero attached hydrogens (tertiary/aromatic N) is 1. The Bertz CT molecular complexity index is 411. The van der Waals surface area contributed by atoms with Gasteiger partial charge in [-0.15, -0.1) is 0 Å². The standard InChI is InChI=1S/C10H10N2O4/c11-10(13)7-16-9-3-1-8(2-4-9)5-6-12(14)15/h1-6H,7H2,(H2,11,13)/b6-5-. The first-order valence-electron chi connectivity index (χ1n) is 4.41. The second-order valence-electron chi connectivity index (χ2n) is 2.93. The van der Waals surface area contributed by atoms with Crippen LogP contribution in [0.15, 0.2) is 30.5 Å². The van der Waals surface area contributed by atoms with Crippen molar-refractivity contribution in [2.75, 3.05) is 6.61 Å². The first kappa shape index (κ1) is 11.7. The number of nitro groups is 1. The molecule has 0 aromatic heterocycles. The highest BCUT2D eigenvalue weighted by Crippen LogP contribution is 2.12. The van der Waals surface area contributed by atoms with E-state index in [0.29, 0.717) is 11.3 Å². The zero-order chi connectivity index (χ0) is 12.0. The van der Waals surface area contributed by atoms with Crippen molar-refractivity contribution in [2.24, 2.45) is 5.73 Å². The number of carbonyl (C=O) groups excluding carboxylic acids is 1. The molecule has 0 bridgehead atoms. The molecule has 1 amide bonds. The van der Waals surface area contributed by atoms with Crippen LogP contribution >= 0.6 is 0 Å². The Hall–Kier alpha value is -2.37. The van der Waals surface area contributed by atoms with Crippen LogP contribution < -0.4 is 10.5 Å². The molecule has 84 valence electrons. The van der Waals surface area contributed by atoms with Crippen LogP contribution in [0.4, 0.5) is 0 Å². The fourth-order valence-electron chi connectivity index (χ4n) is 0.977. The maximum atomic E-state index is 10.4. The highest BCUT2D eigenvalue weighted by molar-refractivity contribution is 5.75. The molecular weight excluding hydrogens is 212 g/mol. The van der Waals surface area contributed by atoms with Gasteiger partial charge in [0.15, 0.2) is 6.61 Å². The fraction of sp³-hybridized carbons (Fsp3) is 0.100. The van der Waals surface area contributed by atoms with E-state index in [-0.39, 0.29) is 6.61 Å². The lowest BCUT2D eigenvalue weighted by molar-refractivity contribution is -0.400. The molecule has 2 N–H and O–H groups in total. The van der Waals surface area contributed by atoms with E-state index in [4.69, 9.17) is 10.5 Å². The van der Waals surface area contributed by atoms with Gasteiger partial charge < -0.3 is 10.5 Å². The maximum absolute atomic E-state index is 10.4. The average molecular weight is 222 g/mol. The van der Waals surface area contributed by atoms with Crippen LogP contribution in [-0.4, -0.2) is 17.4 Å². The number of primary amides is 1. The molecule has 1 aromatic rings. The first-order chi connectivity index (χ1) is 7.58. The molecule has 0 saturated heterocycles. The van der Waals surface area contributed by atoms with Crippen LogP contribution in [0.3, 0.4) is 0 Å². The minimum Gasteiger partial charge on any atom is -0.484 e. The maximum Gasteiger partial charge on any atom is 0.255 e. The number of rotatable bonds is 5. The summed E-state index contributed by atoms with van der Waals surface area (Å²) in [5.74, 6) is -0.0747. The molecule has 6 heteroatoms. The quantitative estimate of drug-likeness (QED) is 0.588. The molecule has 1 aromatic carbocycles. The summed E-state index contributed by atoms with van der Waals surface area (Å²) in [5.41, 5.74) is 5.57. The third-order valence-electron chi connectivity index (χ3n) is 1.65. The lowest BCUT2D eigenvalue weighted by Crippen LogP contribution is -2.19. The monoisotopic (exact) mass is 222 g/mol. The predicted octanol–water partition coefficient (Wildman–Crippen LogP) is 0.798. The molecule has 0 unspecified atom stereocenters. The van der Waals surface area contributed by atoms with E-state index >= 15 is 0 Å². The third kappa shape index (κ3) is 4.23. The van der Waals surface area contributed by atoms with Crippen molar-refractivity contribution < 1.29 is 14.5 Å². The third-order valence-corrected chi connectivity index (χ3v) is 1.65. The summed E-state index contributed by atoms with van der Waals surface area (Å²) in [7, 11) is 0. The van der Waals surface area contributed by atoms with Crippen molar-refractivity contribution in [1.29, 1.82) is 0 Å². The highest BCUT2D eigenvalue weighted by Gasteiger charge is 1.97. The smallest absolute Gasteiger partial charge is 0.255 e. The van der Waals surface area contributed by atoms with Gasteiger partial charge in [-0.05, 0) is 17.7 Å². The number of nitrogens with two attached hydrogens (primary N) is 1. The SMILES string of the molecule is NC(=O)COc1ccc(/C=C\[N+](=O)[O-])cc1. The molecule has 0 aliphatic carbocycles. The van der Waals surface area contributed by atoms with Crippen LogP contribution in [0.1, 0.15) is 5.56 Å². The number of hydrogen-bond acceptors (Lipinski definition) is 4. The Kier molecular flexibility index (Phi) is 4.02. The van der Waals surface area contributed by atoms with Crippen LogP contribution in [0, 0.1) is 10.1 Å². The van der Waals surface area contributed by atoms with Crippen molar-refractivity contribution in [3.05, 3.63) is 46.1 Å². The van der Waals surface area contributed by atoms with Gasteiger partial charge in [-0.25, -0.2) is 0 Å². The van der Waals surface area contributed by atoms with Gasteiger partial charge in [0.25, 0.3) is 5.91 Å². The summed E-state index contributed by atoms with van der Waals surface area (Å²) in [6.07, 6.45) is 2.21. The second-order valence-corrected chi connectivity index (χ2v) is 2.93. The fourth-order valence-corrected chi connectivity index (χ4v) is 0.977. The summed E-state index contributed by atoms with van der Waals surface area (Å²) in [6, 6.07) is 6.47. The second kappa shape index (κ2) is 5.50. The number of benzene rings is 1. The van der Waals surface area contributed by atoms with Gasteiger partial charge in [0, 0.05) is 6.08 Å². The van der Waals surface area contributed by atoms with Crippen molar-refractivity contribution >= 4 is 12.0 Å². The van der Waals surface area contributed by atoms with Gasteiger partial charge in [-0.3, -0.25) is 14.9 Å². The summed E-state index contributed by atoms with van der Waals surface area (Å²) < 4.78 is 5.02. The average Bonchev–Trinajstić information content (AvgIpc) is 2.25. The van der Waals surface area contributed by atoms with E-state index in [2.05, 4.69) is 0 Å². The Morgan fingerprint density at radius 2 is 2.06 bits per heavy atom. The summed E-state index contributed by atoms with van der Waals surface area (Å²) in [4.78, 5) is 19.9. The highest BCUT2D eigenvalue weighted by atomic mass is 16.6. The van der Waals surface area contributed by atoms with Crippen molar-refractivity contribution in [2.45, 2.75) is 0 Å². The molecule has 0 fully saturated rings. The van der Waals surface area contributed by atoms with Crippen molar-refractivity contribution in [3.8, 4) is 5.75 Å². The minimum absolute atomic E-state index is 0.190. The summed E-state index contributed by atoms with van der Waals surface area (Å²) in [5, 5.41) is 10.1. The Balaban J connectivity index is 2.60. The largest absolute Gasteiger partial charge is 0.484 e. The molecule has 16 heavy (non-hydrogen) atoms. The molecule has 1 rings (SSSR count). The van der Waals surface area contributed by atoms with Gasteiger partial charge in [0.2, 0.25) is 6.20 Å². The van der Waals surface area contributed by atoms with Gasteiger partial charge >= 0.3 is 0 Å². The zero-order valence-corrected chi connectivity index (χ0v) is 8.33. The van der Waals surface area contributed by atoms with Crippen LogP contribution in [-0.2, 0) is 4.79 Å². The molecule has 0 aliphatic rings. The lowest BCUT2D eigenvalue weighted by atomic mass is 10.2. The molecule has 0 spiro atoms. The normalized spacial score (nSPS) is 10.2.